The second kappa shape index (κ2) is 6.64. The summed E-state index contributed by atoms with van der Waals surface area (Å²) in [5, 5.41) is 9.71. The first kappa shape index (κ1) is 16.3. The first-order valence-electron chi connectivity index (χ1n) is 6.93. The Balaban J connectivity index is 2.52. The minimum absolute atomic E-state index is 0.0750. The van der Waals surface area contributed by atoms with Crippen LogP contribution in [0.2, 0.25) is 18.1 Å². The summed E-state index contributed by atoms with van der Waals surface area (Å²) in [4.78, 5) is 4.31. The zero-order valence-electron chi connectivity index (χ0n) is 12.8. The lowest BCUT2D eigenvalue weighted by Crippen LogP contribution is -2.41. The number of rotatable bonds is 6. The largest absolute Gasteiger partial charge is 0.417 e. The van der Waals surface area contributed by atoms with Crippen molar-refractivity contribution in [3.63, 3.8) is 0 Å². The van der Waals surface area contributed by atoms with E-state index in [2.05, 4.69) is 38.8 Å². The van der Waals surface area contributed by atoms with Gasteiger partial charge in [-0.15, -0.1) is 0 Å². The molecule has 0 spiro atoms. The molecule has 3 nitrogen and oxygen atoms in total. The van der Waals surface area contributed by atoms with Crippen LogP contribution in [-0.2, 0) is 4.43 Å². The number of hydrogen-bond acceptors (Lipinski definition) is 3. The maximum absolute atomic E-state index is 9.48. The molecule has 0 fully saturated rings. The highest BCUT2D eigenvalue weighted by Crippen LogP contribution is 2.36. The molecular weight excluding hydrogens is 254 g/mol. The molecule has 1 atom stereocenters. The van der Waals surface area contributed by atoms with Gasteiger partial charge in [0.05, 0.1) is 6.61 Å². The average Bonchev–Trinajstić information content (AvgIpc) is 2.34. The van der Waals surface area contributed by atoms with Crippen LogP contribution in [-0.4, -0.2) is 31.6 Å². The van der Waals surface area contributed by atoms with E-state index in [1.807, 2.05) is 18.2 Å². The van der Waals surface area contributed by atoms with Crippen LogP contribution < -0.4 is 0 Å². The summed E-state index contributed by atoms with van der Waals surface area (Å²) in [5.74, 6) is 0.0750. The molecule has 1 aromatic heterocycles. The predicted molar refractivity (Wildman–Crippen MR) is 81.8 cm³/mol. The van der Waals surface area contributed by atoms with Gasteiger partial charge in [0.1, 0.15) is 0 Å². The number of aliphatic hydroxyl groups excluding tert-OH is 1. The van der Waals surface area contributed by atoms with Gasteiger partial charge in [-0.05, 0) is 36.7 Å². The van der Waals surface area contributed by atoms with Crippen molar-refractivity contribution in [2.75, 3.05) is 13.2 Å². The summed E-state index contributed by atoms with van der Waals surface area (Å²) in [6.45, 7) is 12.0. The van der Waals surface area contributed by atoms with Gasteiger partial charge < -0.3 is 9.53 Å². The predicted octanol–water partition coefficient (Wildman–Crippen LogP) is 3.57. The molecule has 0 aliphatic carbocycles. The molecule has 1 heterocycles. The van der Waals surface area contributed by atoms with Crippen LogP contribution in [0.1, 0.15) is 38.8 Å². The van der Waals surface area contributed by atoms with Crippen LogP contribution in [0, 0.1) is 0 Å². The Morgan fingerprint density at radius 2 is 2.00 bits per heavy atom. The van der Waals surface area contributed by atoms with Crippen LogP contribution >= 0.6 is 0 Å². The average molecular weight is 281 g/mol. The Morgan fingerprint density at radius 3 is 2.47 bits per heavy atom. The molecule has 108 valence electrons. The fraction of sp³-hybridized carbons (Fsp3) is 0.667. The molecule has 4 heteroatoms. The van der Waals surface area contributed by atoms with Gasteiger partial charge in [-0.2, -0.15) is 0 Å². The van der Waals surface area contributed by atoms with E-state index in [0.717, 1.165) is 12.1 Å². The number of aliphatic hydroxyl groups is 1. The fourth-order valence-electron chi connectivity index (χ4n) is 1.62. The Bertz CT molecular complexity index is 373. The highest BCUT2D eigenvalue weighted by Gasteiger charge is 2.37. The van der Waals surface area contributed by atoms with E-state index in [1.165, 1.54) is 0 Å². The third-order valence-electron chi connectivity index (χ3n) is 4.06. The van der Waals surface area contributed by atoms with Gasteiger partial charge in [0, 0.05) is 24.4 Å². The van der Waals surface area contributed by atoms with Crippen molar-refractivity contribution < 1.29 is 9.53 Å². The molecule has 19 heavy (non-hydrogen) atoms. The smallest absolute Gasteiger partial charge is 0.191 e. The molecule has 1 N–H and O–H groups in total. The van der Waals surface area contributed by atoms with Crippen molar-refractivity contribution >= 4 is 8.32 Å². The highest BCUT2D eigenvalue weighted by molar-refractivity contribution is 6.74. The third kappa shape index (κ3) is 4.71. The van der Waals surface area contributed by atoms with Crippen LogP contribution in [0.25, 0.3) is 0 Å². The second-order valence-corrected chi connectivity index (χ2v) is 11.3. The van der Waals surface area contributed by atoms with Gasteiger partial charge >= 0.3 is 0 Å². The molecule has 0 amide bonds. The lowest BCUT2D eigenvalue weighted by atomic mass is 10.0. The highest BCUT2D eigenvalue weighted by atomic mass is 28.4. The summed E-state index contributed by atoms with van der Waals surface area (Å²) < 4.78 is 6.15. The number of nitrogens with zero attached hydrogens (tertiary/aromatic N) is 1. The number of hydrogen-bond donors (Lipinski definition) is 1. The molecule has 1 aromatic rings. The zero-order valence-corrected chi connectivity index (χ0v) is 13.8. The first-order chi connectivity index (χ1) is 8.78. The van der Waals surface area contributed by atoms with Crippen LogP contribution in [0.5, 0.6) is 0 Å². The Morgan fingerprint density at radius 1 is 1.32 bits per heavy atom. The molecule has 0 saturated carbocycles. The molecule has 0 saturated heterocycles. The zero-order chi connectivity index (χ0) is 14.5. The molecule has 0 bridgehead atoms. The van der Waals surface area contributed by atoms with E-state index in [9.17, 15) is 5.11 Å². The van der Waals surface area contributed by atoms with Gasteiger partial charge in [-0.3, -0.25) is 4.98 Å². The molecule has 0 aromatic carbocycles. The van der Waals surface area contributed by atoms with Crippen LogP contribution in [0.3, 0.4) is 0 Å². The van der Waals surface area contributed by atoms with Gasteiger partial charge in [0.2, 0.25) is 0 Å². The quantitative estimate of drug-likeness (QED) is 0.811. The summed E-state index contributed by atoms with van der Waals surface area (Å²) in [6.07, 6.45) is 2.59. The lowest BCUT2D eigenvalue weighted by Gasteiger charge is -2.36. The Hall–Kier alpha value is -0.713. The maximum Gasteiger partial charge on any atom is 0.191 e. The van der Waals surface area contributed by atoms with Crippen LogP contribution in [0.15, 0.2) is 24.4 Å². The summed E-state index contributed by atoms with van der Waals surface area (Å²) >= 11 is 0. The van der Waals surface area contributed by atoms with Crippen molar-refractivity contribution in [3.8, 4) is 0 Å². The van der Waals surface area contributed by atoms with Gasteiger partial charge in [-0.1, -0.05) is 26.8 Å². The Labute approximate surface area is 118 Å². The number of aromatic nitrogens is 1. The molecule has 1 rings (SSSR count). The van der Waals surface area contributed by atoms with E-state index in [4.69, 9.17) is 4.43 Å². The van der Waals surface area contributed by atoms with E-state index in [-0.39, 0.29) is 17.6 Å². The van der Waals surface area contributed by atoms with E-state index < -0.39 is 8.32 Å². The first-order valence-corrected chi connectivity index (χ1v) is 9.84. The standard InChI is InChI=1S/C15H27NO2Si/c1-15(2,3)19(4,5)18-11-9-13(12-17)14-8-6-7-10-16-14/h6-8,10,13,17H,9,11-12H2,1-5H3. The molecule has 1 unspecified atom stereocenters. The summed E-state index contributed by atoms with van der Waals surface area (Å²) in [7, 11) is -1.69. The summed E-state index contributed by atoms with van der Waals surface area (Å²) in [5.41, 5.74) is 0.948. The van der Waals surface area contributed by atoms with Gasteiger partial charge in [-0.25, -0.2) is 0 Å². The van der Waals surface area contributed by atoms with E-state index >= 15 is 0 Å². The monoisotopic (exact) mass is 281 g/mol. The molecular formula is C15H27NO2Si. The number of pyridine rings is 1. The van der Waals surface area contributed by atoms with E-state index in [0.29, 0.717) is 6.61 Å². The van der Waals surface area contributed by atoms with Crippen molar-refractivity contribution in [1.29, 1.82) is 0 Å². The van der Waals surface area contributed by atoms with Crippen molar-refractivity contribution in [1.82, 2.24) is 4.98 Å². The lowest BCUT2D eigenvalue weighted by molar-refractivity contribution is 0.219. The maximum atomic E-state index is 9.48. The fourth-order valence-corrected chi connectivity index (χ4v) is 2.68. The van der Waals surface area contributed by atoms with E-state index in [1.54, 1.807) is 6.20 Å². The normalized spacial score (nSPS) is 14.4. The van der Waals surface area contributed by atoms with Crippen molar-refractivity contribution in [3.05, 3.63) is 30.1 Å². The summed E-state index contributed by atoms with van der Waals surface area (Å²) in [6, 6.07) is 5.82. The molecule has 0 radical (unpaired) electrons. The van der Waals surface area contributed by atoms with Crippen molar-refractivity contribution in [2.45, 2.75) is 51.2 Å². The molecule has 0 aliphatic heterocycles. The minimum atomic E-state index is -1.69. The van der Waals surface area contributed by atoms with Gasteiger partial charge in [0.15, 0.2) is 8.32 Å². The minimum Gasteiger partial charge on any atom is -0.417 e. The topological polar surface area (TPSA) is 42.4 Å². The SMILES string of the molecule is CC(C)(C)[Si](C)(C)OCCC(CO)c1ccccn1. The second-order valence-electron chi connectivity index (χ2n) is 6.53. The van der Waals surface area contributed by atoms with Crippen molar-refractivity contribution in [2.24, 2.45) is 0 Å². The van der Waals surface area contributed by atoms with Gasteiger partial charge in [0.25, 0.3) is 0 Å². The molecule has 0 aliphatic rings. The Kier molecular flexibility index (Phi) is 5.71. The van der Waals surface area contributed by atoms with Crippen LogP contribution in [0.4, 0.5) is 0 Å². The third-order valence-corrected chi connectivity index (χ3v) is 8.60.